The maximum Gasteiger partial charge on any atom is 0.327 e. The topological polar surface area (TPSA) is 407 Å². The van der Waals surface area contributed by atoms with Crippen LogP contribution in [0.1, 0.15) is 55.4 Å². The average molecular weight is 1210 g/mol. The number of benzene rings is 4. The third-order valence-electron chi connectivity index (χ3n) is 13.8. The van der Waals surface area contributed by atoms with E-state index in [0.717, 1.165) is 21.6 Å². The number of urea groups is 1. The first kappa shape index (κ1) is 65.5. The van der Waals surface area contributed by atoms with E-state index in [4.69, 9.17) is 11.5 Å². The van der Waals surface area contributed by atoms with Gasteiger partial charge in [-0.05, 0) is 80.1 Å². The summed E-state index contributed by atoms with van der Waals surface area (Å²) in [5.41, 5.74) is 14.2. The number of nitrogens with two attached hydrogens (primary N) is 2. The van der Waals surface area contributed by atoms with Crippen molar-refractivity contribution in [1.82, 2.24) is 52.8 Å². The van der Waals surface area contributed by atoms with Crippen LogP contribution in [0.4, 0.5) is 4.79 Å². The van der Waals surface area contributed by atoms with Crippen molar-refractivity contribution in [2.75, 3.05) is 18.1 Å². The number of aliphatic carboxylic acids is 1. The molecular formula is C58H72N12O13S2. The average Bonchev–Trinajstić information content (AvgIpc) is 3.72. The number of carbonyl (C=O) groups is 10. The molecule has 0 saturated carbocycles. The minimum absolute atomic E-state index is 0.0290. The number of primary amides is 1. The fourth-order valence-corrected chi connectivity index (χ4v) is 11.5. The Morgan fingerprint density at radius 3 is 1.78 bits per heavy atom. The number of carboxylic acid groups (broad SMARTS) is 1. The number of H-pyrrole nitrogens is 1. The van der Waals surface area contributed by atoms with Gasteiger partial charge in [0.1, 0.15) is 60.1 Å². The molecule has 0 aliphatic carbocycles. The number of aliphatic hydroxyl groups excluding tert-OH is 1. The third-order valence-corrected chi connectivity index (χ3v) is 16.2. The Morgan fingerprint density at radius 2 is 1.16 bits per heavy atom. The Kier molecular flexibility index (Phi) is 25.0. The van der Waals surface area contributed by atoms with Crippen LogP contribution in [0.5, 0.6) is 5.75 Å². The van der Waals surface area contributed by atoms with E-state index in [-0.39, 0.29) is 55.9 Å². The Hall–Kier alpha value is -8.66. The second-order valence-corrected chi connectivity index (χ2v) is 22.9. The Balaban J connectivity index is 1.39. The van der Waals surface area contributed by atoms with Crippen molar-refractivity contribution in [2.45, 2.75) is 119 Å². The number of unbranched alkanes of at least 4 members (excludes halogenated alkanes) is 1. The number of nitrogens with one attached hydrogen (secondary N) is 10. The Labute approximate surface area is 497 Å². The highest BCUT2D eigenvalue weighted by Gasteiger charge is 2.37. The molecular weight excluding hydrogens is 1140 g/mol. The number of aliphatic hydroxyl groups is 1. The molecule has 25 nitrogen and oxygen atoms in total. The molecule has 1 aliphatic rings. The normalized spacial score (nSPS) is 22.6. The predicted molar refractivity (Wildman–Crippen MR) is 319 cm³/mol. The van der Waals surface area contributed by atoms with Crippen molar-refractivity contribution in [3.05, 3.63) is 138 Å². The van der Waals surface area contributed by atoms with Crippen LogP contribution in [0.15, 0.2) is 115 Å². The number of amides is 10. The lowest BCUT2D eigenvalue weighted by atomic mass is 10.0. The number of fused-ring (bicyclic) bond motifs is 1. The van der Waals surface area contributed by atoms with E-state index in [2.05, 4.69) is 52.8 Å². The van der Waals surface area contributed by atoms with Crippen molar-refractivity contribution in [3.8, 4) is 5.75 Å². The van der Waals surface area contributed by atoms with Crippen molar-refractivity contribution in [1.29, 1.82) is 0 Å². The highest BCUT2D eigenvalue weighted by Crippen LogP contribution is 2.24. The molecule has 4 aromatic carbocycles. The summed E-state index contributed by atoms with van der Waals surface area (Å²) < 4.78 is 0. The van der Waals surface area contributed by atoms with E-state index in [1.807, 2.05) is 6.07 Å². The van der Waals surface area contributed by atoms with Crippen molar-refractivity contribution in [2.24, 2.45) is 11.5 Å². The van der Waals surface area contributed by atoms with Crippen molar-refractivity contribution < 1.29 is 63.3 Å². The molecule has 1 aromatic heterocycles. The lowest BCUT2D eigenvalue weighted by molar-refractivity contribution is -0.141. The number of aromatic nitrogens is 1. The molecule has 0 radical (unpaired) electrons. The van der Waals surface area contributed by atoms with Gasteiger partial charge < -0.3 is 79.6 Å². The Morgan fingerprint density at radius 1 is 0.624 bits per heavy atom. The molecule has 1 saturated heterocycles. The summed E-state index contributed by atoms with van der Waals surface area (Å²) in [6, 6.07) is 15.3. The molecule has 454 valence electrons. The molecule has 10 atom stereocenters. The minimum Gasteiger partial charge on any atom is -0.508 e. The molecule has 27 heteroatoms. The number of rotatable bonds is 17. The summed E-state index contributed by atoms with van der Waals surface area (Å²) in [4.78, 5) is 143. The van der Waals surface area contributed by atoms with E-state index in [1.165, 1.54) is 38.1 Å². The van der Waals surface area contributed by atoms with Gasteiger partial charge in [0.05, 0.1) is 6.10 Å². The molecule has 1 fully saturated rings. The smallest absolute Gasteiger partial charge is 0.327 e. The van der Waals surface area contributed by atoms with Gasteiger partial charge in [-0.25, -0.2) is 9.59 Å². The van der Waals surface area contributed by atoms with E-state index in [0.29, 0.717) is 46.0 Å². The first-order valence-electron chi connectivity index (χ1n) is 27.4. The molecule has 0 spiro atoms. The fourth-order valence-electron chi connectivity index (χ4n) is 9.13. The van der Waals surface area contributed by atoms with Gasteiger partial charge in [0.15, 0.2) is 0 Å². The standard InChI is InChI=1S/C58H72N12O13S2/c1-32-49(73)64-45(28-37-29-61-40-18-10-9-17-39(37)40)54(78)63-41(19-11-12-24-59)50(74)70-48(33(2)71)56(80)66-43(26-35-15-7-4-8-16-35)52(76)68-47(57(81)82)31-85-84-30-46(55(79)65-42(51(75)62-32)25-34-13-5-3-6-14-34)67-53(77)44(69-58(60)83)27-36-20-22-38(72)23-21-36/h3-10,13-18,20-23,29,32-33,41-48,61,71-72H,11-12,19,24-28,30-31,59H2,1-2H3,(H,62,75)(H,63,78)(H,64,73)(H,65,79)(H,66,80)(H,67,77)(H,68,76)(H,70,74)(H,81,82)(H3,60,69,83)/t32-,33+,41-,42-,43-,44-,45-,46-,47-,48-/m0/s1. The lowest BCUT2D eigenvalue weighted by Gasteiger charge is -2.28. The first-order chi connectivity index (χ1) is 40.7. The SMILES string of the molecule is C[C@@H]1NC(=O)[C@H](Cc2ccccc2)NC(=O)[C@@H](NC(=O)[C@H](Cc2ccc(O)cc2)NC(N)=O)CSSC[C@@H](C(=O)O)NC(=O)[C@H](Cc2ccccc2)NC(=O)[C@H]([C@@H](C)O)NC(=O)[C@H](CCCCN)NC(=O)[C@H](Cc2c[nH]c3ccccc23)NC1=O. The summed E-state index contributed by atoms with van der Waals surface area (Å²) in [5, 5.41) is 55.3. The number of hydrogen-bond donors (Lipinski definition) is 15. The van der Waals surface area contributed by atoms with Crippen molar-refractivity contribution in [3.63, 3.8) is 0 Å². The van der Waals surface area contributed by atoms with Gasteiger partial charge in [0, 0.05) is 54.3 Å². The monoisotopic (exact) mass is 1210 g/mol. The largest absolute Gasteiger partial charge is 0.508 e. The molecule has 2 heterocycles. The minimum atomic E-state index is -1.74. The van der Waals surface area contributed by atoms with Gasteiger partial charge in [0.25, 0.3) is 0 Å². The van der Waals surface area contributed by atoms with Gasteiger partial charge in [-0.15, -0.1) is 0 Å². The maximum atomic E-state index is 14.7. The fraction of sp³-hybridized carbons (Fsp3) is 0.379. The lowest BCUT2D eigenvalue weighted by Crippen LogP contribution is -2.62. The van der Waals surface area contributed by atoms with E-state index in [1.54, 1.807) is 85.1 Å². The van der Waals surface area contributed by atoms with Crippen LogP contribution >= 0.6 is 21.6 Å². The van der Waals surface area contributed by atoms with Crippen LogP contribution in [-0.2, 0) is 68.8 Å². The molecule has 6 rings (SSSR count). The summed E-state index contributed by atoms with van der Waals surface area (Å²) in [6.45, 7) is 2.79. The molecule has 0 unspecified atom stereocenters. The number of carbonyl (C=O) groups excluding carboxylic acids is 9. The van der Waals surface area contributed by atoms with Gasteiger partial charge in [-0.3, -0.25) is 38.4 Å². The van der Waals surface area contributed by atoms with Crippen LogP contribution in [0, 0.1) is 0 Å². The van der Waals surface area contributed by atoms with Crippen molar-refractivity contribution >= 4 is 91.7 Å². The maximum absolute atomic E-state index is 14.7. The number of aromatic hydroxyl groups is 1. The summed E-state index contributed by atoms with van der Waals surface area (Å²) >= 11 is 0. The molecule has 5 aromatic rings. The molecule has 1 aliphatic heterocycles. The zero-order valence-electron chi connectivity index (χ0n) is 46.7. The van der Waals surface area contributed by atoms with Crippen LogP contribution in [-0.4, -0.2) is 158 Å². The highest BCUT2D eigenvalue weighted by atomic mass is 33.1. The van der Waals surface area contributed by atoms with Gasteiger partial charge in [0.2, 0.25) is 47.3 Å². The first-order valence-corrected chi connectivity index (χ1v) is 29.9. The second kappa shape index (κ2) is 32.4. The number of carboxylic acids is 1. The number of phenolic OH excluding ortho intramolecular Hbond substituents is 1. The summed E-state index contributed by atoms with van der Waals surface area (Å²) in [7, 11) is 1.78. The van der Waals surface area contributed by atoms with Gasteiger partial charge in [-0.1, -0.05) is 113 Å². The number of para-hydroxylation sites is 1. The molecule has 17 N–H and O–H groups in total. The quantitative estimate of drug-likeness (QED) is 0.0433. The van der Waals surface area contributed by atoms with Crippen LogP contribution in [0.2, 0.25) is 0 Å². The summed E-state index contributed by atoms with van der Waals surface area (Å²) in [5.74, 6) is -9.59. The van der Waals surface area contributed by atoms with Gasteiger partial charge in [-0.2, -0.15) is 0 Å². The van der Waals surface area contributed by atoms with Crippen LogP contribution in [0.25, 0.3) is 10.9 Å². The summed E-state index contributed by atoms with van der Waals surface area (Å²) in [6.07, 6.45) is 0.0864. The number of aromatic amines is 1. The molecule has 0 bridgehead atoms. The van der Waals surface area contributed by atoms with E-state index < -0.39 is 120 Å². The highest BCUT2D eigenvalue weighted by molar-refractivity contribution is 8.76. The van der Waals surface area contributed by atoms with E-state index >= 15 is 0 Å². The third kappa shape index (κ3) is 20.3. The molecule has 85 heavy (non-hydrogen) atoms. The number of phenols is 1. The second-order valence-electron chi connectivity index (χ2n) is 20.4. The Bertz CT molecular complexity index is 3120. The zero-order valence-corrected chi connectivity index (χ0v) is 48.3. The van der Waals surface area contributed by atoms with Crippen LogP contribution < -0.4 is 59.3 Å². The zero-order chi connectivity index (χ0) is 61.6. The predicted octanol–water partition coefficient (Wildman–Crippen LogP) is 0.0687. The van der Waals surface area contributed by atoms with Crippen LogP contribution in [0.3, 0.4) is 0 Å². The van der Waals surface area contributed by atoms with E-state index in [9.17, 15) is 63.3 Å². The molecule has 10 amide bonds. The van der Waals surface area contributed by atoms with Gasteiger partial charge >= 0.3 is 12.0 Å². The number of hydrogen-bond acceptors (Lipinski definition) is 15.